The lowest BCUT2D eigenvalue weighted by Gasteiger charge is -2.26. The summed E-state index contributed by atoms with van der Waals surface area (Å²) in [4.78, 5) is 5.08. The molecule has 5 heteroatoms. The Morgan fingerprint density at radius 3 is 2.16 bits per heavy atom. The molecule has 0 bridgehead atoms. The van der Waals surface area contributed by atoms with Gasteiger partial charge in [-0.2, -0.15) is 5.10 Å². The van der Waals surface area contributed by atoms with Gasteiger partial charge in [0.1, 0.15) is 0 Å². The first-order valence-corrected chi connectivity index (χ1v) is 19.9. The molecule has 0 saturated carbocycles. The van der Waals surface area contributed by atoms with E-state index in [9.17, 15) is 0 Å². The molecule has 56 heavy (non-hydrogen) atoms. The maximum atomic E-state index is 5.08. The highest BCUT2D eigenvalue weighted by atomic mass is 15.2. The van der Waals surface area contributed by atoms with E-state index in [1.54, 1.807) is 0 Å². The highest BCUT2D eigenvalue weighted by Crippen LogP contribution is 2.43. The minimum Gasteiger partial charge on any atom is -0.333 e. The van der Waals surface area contributed by atoms with Crippen molar-refractivity contribution in [2.24, 2.45) is 5.92 Å². The summed E-state index contributed by atoms with van der Waals surface area (Å²) in [5.74, 6) is 2.57. The monoisotopic (exact) mass is 723 g/mol. The quantitative estimate of drug-likeness (QED) is 0.174. The Morgan fingerprint density at radius 1 is 0.589 bits per heavy atom. The van der Waals surface area contributed by atoms with Crippen LogP contribution in [-0.4, -0.2) is 24.3 Å². The molecule has 1 N–H and O–H groups in total. The Morgan fingerprint density at radius 2 is 1.34 bits per heavy atom. The molecule has 2 aliphatic carbocycles. The second-order valence-corrected chi connectivity index (χ2v) is 15.5. The molecule has 0 fully saturated rings. The number of para-hydroxylation sites is 2. The van der Waals surface area contributed by atoms with Crippen LogP contribution in [0.3, 0.4) is 0 Å². The van der Waals surface area contributed by atoms with E-state index in [-0.39, 0.29) is 6.04 Å². The predicted octanol–water partition coefficient (Wildman–Crippen LogP) is 13.1. The summed E-state index contributed by atoms with van der Waals surface area (Å²) in [6.07, 6.45) is 16.9. The van der Waals surface area contributed by atoms with Crippen LogP contribution in [-0.2, 0) is 0 Å². The summed E-state index contributed by atoms with van der Waals surface area (Å²) >= 11 is 0. The zero-order chi connectivity index (χ0) is 37.2. The van der Waals surface area contributed by atoms with Gasteiger partial charge in [-0.1, -0.05) is 128 Å². The molecule has 0 saturated heterocycles. The lowest BCUT2D eigenvalue weighted by molar-refractivity contribution is 0.449. The molecule has 3 unspecified atom stereocenters. The summed E-state index contributed by atoms with van der Waals surface area (Å²) in [7, 11) is 0. The highest BCUT2D eigenvalue weighted by molar-refractivity contribution is 6.15. The van der Waals surface area contributed by atoms with Gasteiger partial charge in [0.2, 0.25) is 0 Å². The number of H-pyrrole nitrogens is 1. The van der Waals surface area contributed by atoms with E-state index in [2.05, 4.69) is 191 Å². The van der Waals surface area contributed by atoms with Gasteiger partial charge in [-0.3, -0.25) is 5.10 Å². The van der Waals surface area contributed by atoms with Crippen molar-refractivity contribution in [3.8, 4) is 39.6 Å². The Kier molecular flexibility index (Phi) is 7.73. The van der Waals surface area contributed by atoms with Crippen molar-refractivity contribution >= 4 is 43.6 Å². The zero-order valence-corrected chi connectivity index (χ0v) is 31.3. The molecule has 0 spiro atoms. The molecule has 9 aromatic rings. The first kappa shape index (κ1) is 32.7. The van der Waals surface area contributed by atoms with E-state index in [4.69, 9.17) is 10.1 Å². The van der Waals surface area contributed by atoms with E-state index in [0.29, 0.717) is 17.7 Å². The number of aromatic nitrogens is 5. The Labute approximate surface area is 326 Å². The molecule has 3 aromatic heterocycles. The molecule has 0 amide bonds. The number of fused-ring (bicyclic) bond motifs is 6. The second kappa shape index (κ2) is 13.2. The van der Waals surface area contributed by atoms with Crippen LogP contribution in [0.2, 0.25) is 0 Å². The predicted molar refractivity (Wildman–Crippen MR) is 232 cm³/mol. The van der Waals surface area contributed by atoms with Crippen LogP contribution in [0.5, 0.6) is 0 Å². The molecule has 5 nitrogen and oxygen atoms in total. The molecule has 0 aliphatic heterocycles. The van der Waals surface area contributed by atoms with E-state index in [1.165, 1.54) is 54.7 Å². The van der Waals surface area contributed by atoms with Crippen molar-refractivity contribution in [1.82, 2.24) is 24.3 Å². The van der Waals surface area contributed by atoms with Crippen LogP contribution in [0.1, 0.15) is 43.7 Å². The summed E-state index contributed by atoms with van der Waals surface area (Å²) in [5, 5.41) is 13.2. The maximum absolute atomic E-state index is 5.08. The molecule has 0 radical (unpaired) electrons. The maximum Gasteiger partial charge on any atom is 0.181 e. The molecule has 270 valence electrons. The van der Waals surface area contributed by atoms with Crippen LogP contribution in [0.25, 0.3) is 83.2 Å². The average molecular weight is 724 g/mol. The van der Waals surface area contributed by atoms with Gasteiger partial charge >= 0.3 is 0 Å². The van der Waals surface area contributed by atoms with Gasteiger partial charge in [0.05, 0.1) is 22.6 Å². The molecule has 3 atom stereocenters. The summed E-state index contributed by atoms with van der Waals surface area (Å²) in [6.45, 7) is 2.40. The molecule has 2 aliphatic rings. The molecule has 11 rings (SSSR count). The Hall–Kier alpha value is -6.72. The number of benzene rings is 6. The fourth-order valence-corrected chi connectivity index (χ4v) is 9.46. The lowest BCUT2D eigenvalue weighted by atomic mass is 9.79. The normalized spacial score (nSPS) is 18.2. The zero-order valence-electron chi connectivity index (χ0n) is 31.3. The fraction of sp³-hybridized carbons (Fsp3) is 0.137. The van der Waals surface area contributed by atoms with Crippen molar-refractivity contribution in [3.05, 3.63) is 175 Å². The fourth-order valence-electron chi connectivity index (χ4n) is 9.46. The second-order valence-electron chi connectivity index (χ2n) is 15.5. The Balaban J connectivity index is 1.000. The van der Waals surface area contributed by atoms with Gasteiger partial charge in [0.25, 0.3) is 0 Å². The van der Waals surface area contributed by atoms with E-state index >= 15 is 0 Å². The summed E-state index contributed by atoms with van der Waals surface area (Å²) in [6, 6.07) is 48.9. The number of nitrogens with zero attached hydrogens (tertiary/aromatic N) is 4. The third kappa shape index (κ3) is 5.30. The van der Waals surface area contributed by atoms with Crippen molar-refractivity contribution < 1.29 is 0 Å². The topological polar surface area (TPSA) is 51.4 Å². The number of nitrogens with one attached hydrogen (secondary N) is 1. The minimum absolute atomic E-state index is 0.269. The number of aromatic amines is 1. The van der Waals surface area contributed by atoms with Crippen molar-refractivity contribution in [1.29, 1.82) is 0 Å². The van der Waals surface area contributed by atoms with Crippen LogP contribution in [0, 0.1) is 5.92 Å². The van der Waals surface area contributed by atoms with Crippen molar-refractivity contribution in [2.45, 2.75) is 38.1 Å². The molecular weight excluding hydrogens is 683 g/mol. The number of rotatable bonds is 6. The van der Waals surface area contributed by atoms with Gasteiger partial charge in [-0.05, 0) is 96.3 Å². The van der Waals surface area contributed by atoms with Crippen molar-refractivity contribution in [2.75, 3.05) is 0 Å². The molecule has 3 heterocycles. The highest BCUT2D eigenvalue weighted by Gasteiger charge is 2.24. The lowest BCUT2D eigenvalue weighted by Crippen LogP contribution is -2.11. The Bertz CT molecular complexity index is 3000. The SMILES string of the molecule is CC1CC=CCC1c1ccc2c(c1)c1c(-c3cccc(-c4nc(-c5cccc(-n6c7ccccc7c7ccccc76)c5)n[nH]4)c3)cccc1n2C1C=CC=CC1. The molecular formula is C51H41N5. The number of hydrogen-bond acceptors (Lipinski definition) is 2. The van der Waals surface area contributed by atoms with Crippen LogP contribution < -0.4 is 0 Å². The third-order valence-electron chi connectivity index (χ3n) is 12.2. The number of allylic oxidation sites excluding steroid dienone is 6. The summed E-state index contributed by atoms with van der Waals surface area (Å²) < 4.78 is 4.89. The van der Waals surface area contributed by atoms with E-state index in [0.717, 1.165) is 47.5 Å². The minimum atomic E-state index is 0.269. The van der Waals surface area contributed by atoms with Gasteiger partial charge in [0, 0.05) is 43.9 Å². The first-order valence-electron chi connectivity index (χ1n) is 19.9. The summed E-state index contributed by atoms with van der Waals surface area (Å²) in [5.41, 5.74) is 11.8. The van der Waals surface area contributed by atoms with Gasteiger partial charge in [-0.15, -0.1) is 0 Å². The van der Waals surface area contributed by atoms with Crippen LogP contribution in [0.4, 0.5) is 0 Å². The number of hydrogen-bond donors (Lipinski definition) is 1. The van der Waals surface area contributed by atoms with Gasteiger partial charge in [0.15, 0.2) is 11.6 Å². The van der Waals surface area contributed by atoms with Gasteiger partial charge < -0.3 is 9.13 Å². The van der Waals surface area contributed by atoms with E-state index in [1.807, 2.05) is 0 Å². The average Bonchev–Trinajstić information content (AvgIpc) is 3.98. The third-order valence-corrected chi connectivity index (χ3v) is 12.2. The standard InChI is InChI=1S/C51H41N5/c1-33-14-5-6-21-40(33)35-28-29-47-44(32-35)49-41(24-13-27-48(49)55(47)38-18-3-2-4-19-38)34-15-11-16-36(30-34)50-52-51(54-53-50)37-17-12-20-39(31-37)56-45-25-9-7-22-42(45)43-23-8-10-26-46(43)56/h2-13,15-18,20,22-33,38,40H,14,19,21H2,1H3,(H,52,53,54). The van der Waals surface area contributed by atoms with Crippen molar-refractivity contribution in [3.63, 3.8) is 0 Å². The smallest absolute Gasteiger partial charge is 0.181 e. The van der Waals surface area contributed by atoms with E-state index < -0.39 is 0 Å². The van der Waals surface area contributed by atoms with Gasteiger partial charge in [-0.25, -0.2) is 4.98 Å². The van der Waals surface area contributed by atoms with Crippen LogP contribution in [0.15, 0.2) is 170 Å². The largest absolute Gasteiger partial charge is 0.333 e. The molecule has 6 aromatic carbocycles. The first-order chi connectivity index (χ1) is 27.7. The van der Waals surface area contributed by atoms with Crippen LogP contribution >= 0.6 is 0 Å².